The minimum atomic E-state index is 0.162. The molecule has 21 heavy (non-hydrogen) atoms. The average molecular weight is 321 g/mol. The first-order valence-corrected chi connectivity index (χ1v) is 8.32. The van der Waals surface area contributed by atoms with Crippen LogP contribution in [0.15, 0.2) is 29.6 Å². The molecule has 1 fully saturated rings. The maximum Gasteiger partial charge on any atom is 0.228 e. The first-order valence-electron chi connectivity index (χ1n) is 7.06. The summed E-state index contributed by atoms with van der Waals surface area (Å²) in [5, 5.41) is 3.77. The van der Waals surface area contributed by atoms with Crippen LogP contribution in [0.25, 0.3) is 0 Å². The van der Waals surface area contributed by atoms with E-state index in [1.807, 2.05) is 35.4 Å². The number of likely N-dealkylation sites (tertiary alicyclic amines) is 1. The molecule has 110 valence electrons. The molecule has 1 aliphatic rings. The molecule has 2 aromatic rings. The summed E-state index contributed by atoms with van der Waals surface area (Å²) in [5.41, 5.74) is 2.03. The Balaban J connectivity index is 1.64. The Morgan fingerprint density at radius 2 is 2.29 bits per heavy atom. The van der Waals surface area contributed by atoms with Crippen LogP contribution < -0.4 is 0 Å². The first-order chi connectivity index (χ1) is 10.1. The van der Waals surface area contributed by atoms with Crippen LogP contribution in [0.2, 0.25) is 5.02 Å². The molecular weight excluding hydrogens is 304 g/mol. The average Bonchev–Trinajstić information content (AvgIpc) is 3.09. The normalized spacial score (nSPS) is 18.2. The maximum absolute atomic E-state index is 12.3. The van der Waals surface area contributed by atoms with E-state index in [4.69, 9.17) is 11.6 Å². The summed E-state index contributed by atoms with van der Waals surface area (Å²) in [4.78, 5) is 18.6. The molecule has 5 heteroatoms. The van der Waals surface area contributed by atoms with Crippen LogP contribution in [0, 0.1) is 6.92 Å². The highest BCUT2D eigenvalue weighted by atomic mass is 35.5. The molecule has 0 aliphatic carbocycles. The van der Waals surface area contributed by atoms with Crippen LogP contribution in [0.5, 0.6) is 0 Å². The van der Waals surface area contributed by atoms with Gasteiger partial charge in [0.05, 0.1) is 17.1 Å². The Bertz CT molecular complexity index is 655. The van der Waals surface area contributed by atoms with Crippen molar-refractivity contribution < 1.29 is 4.79 Å². The van der Waals surface area contributed by atoms with Gasteiger partial charge in [-0.2, -0.15) is 0 Å². The van der Waals surface area contributed by atoms with Crippen molar-refractivity contribution in [3.8, 4) is 0 Å². The highest BCUT2D eigenvalue weighted by Gasteiger charge is 2.28. The highest BCUT2D eigenvalue weighted by molar-refractivity contribution is 7.09. The summed E-state index contributed by atoms with van der Waals surface area (Å²) in [5.74, 6) is 0.509. The molecule has 3 nitrogen and oxygen atoms in total. The number of hydrogen-bond acceptors (Lipinski definition) is 3. The fourth-order valence-corrected chi connectivity index (χ4v) is 3.71. The van der Waals surface area contributed by atoms with Gasteiger partial charge in [-0.25, -0.2) is 4.98 Å². The number of rotatable bonds is 3. The van der Waals surface area contributed by atoms with E-state index in [9.17, 15) is 4.79 Å². The topological polar surface area (TPSA) is 33.2 Å². The minimum Gasteiger partial charge on any atom is -0.342 e. The van der Waals surface area contributed by atoms with Gasteiger partial charge in [0.25, 0.3) is 0 Å². The van der Waals surface area contributed by atoms with E-state index in [-0.39, 0.29) is 5.91 Å². The number of carbonyl (C=O) groups excluding carboxylic acids is 1. The molecule has 0 radical (unpaired) electrons. The van der Waals surface area contributed by atoms with Crippen molar-refractivity contribution in [2.24, 2.45) is 0 Å². The first kappa shape index (κ1) is 14.5. The third-order valence-corrected chi connectivity index (χ3v) is 5.05. The van der Waals surface area contributed by atoms with Gasteiger partial charge in [-0.3, -0.25) is 4.79 Å². The van der Waals surface area contributed by atoms with Crippen LogP contribution in [0.1, 0.15) is 28.6 Å². The Morgan fingerprint density at radius 3 is 3.00 bits per heavy atom. The Kier molecular flexibility index (Phi) is 4.27. The molecule has 0 unspecified atom stereocenters. The summed E-state index contributed by atoms with van der Waals surface area (Å²) in [6.45, 7) is 3.52. The third kappa shape index (κ3) is 3.27. The molecule has 1 aromatic heterocycles. The van der Waals surface area contributed by atoms with Crippen LogP contribution in [-0.2, 0) is 11.2 Å². The van der Waals surface area contributed by atoms with Gasteiger partial charge in [0.2, 0.25) is 5.91 Å². The smallest absolute Gasteiger partial charge is 0.228 e. The standard InChI is InChI=1S/C16H17ClN2OS/c1-11-18-13(10-21-11)8-16(20)19-7-6-12(9-19)14-4-2-3-5-15(14)17/h2-5,10,12H,6-9H2,1H3/t12-/m0/s1. The van der Waals surface area contributed by atoms with Crippen molar-refractivity contribution in [3.63, 3.8) is 0 Å². The Morgan fingerprint density at radius 1 is 1.48 bits per heavy atom. The number of aryl methyl sites for hydroxylation is 1. The molecule has 1 aromatic carbocycles. The second kappa shape index (κ2) is 6.16. The molecule has 1 amide bonds. The zero-order valence-corrected chi connectivity index (χ0v) is 13.5. The lowest BCUT2D eigenvalue weighted by molar-refractivity contribution is -0.129. The molecule has 2 heterocycles. The lowest BCUT2D eigenvalue weighted by Gasteiger charge is -2.16. The van der Waals surface area contributed by atoms with Crippen LogP contribution >= 0.6 is 22.9 Å². The van der Waals surface area contributed by atoms with Crippen molar-refractivity contribution in [1.82, 2.24) is 9.88 Å². The van der Waals surface area contributed by atoms with E-state index in [1.54, 1.807) is 11.3 Å². The lowest BCUT2D eigenvalue weighted by atomic mass is 9.98. The van der Waals surface area contributed by atoms with Crippen LogP contribution in [0.4, 0.5) is 0 Å². The number of nitrogens with zero attached hydrogens (tertiary/aromatic N) is 2. The van der Waals surface area contributed by atoms with E-state index in [0.717, 1.165) is 40.8 Å². The highest BCUT2D eigenvalue weighted by Crippen LogP contribution is 2.32. The quantitative estimate of drug-likeness (QED) is 0.864. The largest absolute Gasteiger partial charge is 0.342 e. The number of benzene rings is 1. The molecule has 0 bridgehead atoms. The molecule has 1 atom stereocenters. The number of aromatic nitrogens is 1. The van der Waals surface area contributed by atoms with Crippen molar-refractivity contribution in [2.75, 3.05) is 13.1 Å². The zero-order valence-electron chi connectivity index (χ0n) is 11.9. The summed E-state index contributed by atoms with van der Waals surface area (Å²) < 4.78 is 0. The maximum atomic E-state index is 12.3. The lowest BCUT2D eigenvalue weighted by Crippen LogP contribution is -2.30. The van der Waals surface area contributed by atoms with Gasteiger partial charge in [-0.1, -0.05) is 29.8 Å². The van der Waals surface area contributed by atoms with Crippen molar-refractivity contribution in [3.05, 3.63) is 50.9 Å². The third-order valence-electron chi connectivity index (χ3n) is 3.88. The molecule has 0 saturated carbocycles. The predicted octanol–water partition coefficient (Wildman–Crippen LogP) is 3.66. The van der Waals surface area contributed by atoms with Gasteiger partial charge in [0.1, 0.15) is 0 Å². The van der Waals surface area contributed by atoms with Crippen molar-refractivity contribution in [2.45, 2.75) is 25.7 Å². The van der Waals surface area contributed by atoms with Crippen LogP contribution in [-0.4, -0.2) is 28.9 Å². The number of thiazole rings is 1. The number of carbonyl (C=O) groups is 1. The van der Waals surface area contributed by atoms with E-state index in [0.29, 0.717) is 12.3 Å². The summed E-state index contributed by atoms with van der Waals surface area (Å²) in [7, 11) is 0. The Hall–Kier alpha value is -1.39. The van der Waals surface area contributed by atoms with E-state index in [2.05, 4.69) is 11.1 Å². The molecule has 0 spiro atoms. The van der Waals surface area contributed by atoms with Gasteiger partial charge in [0, 0.05) is 29.4 Å². The fourth-order valence-electron chi connectivity index (χ4n) is 2.80. The van der Waals surface area contributed by atoms with Crippen molar-refractivity contribution >= 4 is 28.8 Å². The Labute approximate surface area is 133 Å². The second-order valence-electron chi connectivity index (χ2n) is 5.38. The SMILES string of the molecule is Cc1nc(CC(=O)N2CC[C@H](c3ccccc3Cl)C2)cs1. The molecule has 1 saturated heterocycles. The second-order valence-corrected chi connectivity index (χ2v) is 6.85. The zero-order chi connectivity index (χ0) is 14.8. The van der Waals surface area contributed by atoms with Gasteiger partial charge in [-0.15, -0.1) is 11.3 Å². The van der Waals surface area contributed by atoms with Gasteiger partial charge < -0.3 is 4.90 Å². The number of hydrogen-bond donors (Lipinski definition) is 0. The molecule has 3 rings (SSSR count). The van der Waals surface area contributed by atoms with Gasteiger partial charge >= 0.3 is 0 Å². The van der Waals surface area contributed by atoms with Crippen molar-refractivity contribution in [1.29, 1.82) is 0 Å². The predicted molar refractivity (Wildman–Crippen MR) is 85.9 cm³/mol. The number of halogens is 1. The monoisotopic (exact) mass is 320 g/mol. The molecular formula is C16H17ClN2OS. The van der Waals surface area contributed by atoms with Gasteiger partial charge in [-0.05, 0) is 25.0 Å². The molecule has 1 aliphatic heterocycles. The fraction of sp³-hybridized carbons (Fsp3) is 0.375. The van der Waals surface area contributed by atoms with Gasteiger partial charge in [0.15, 0.2) is 0 Å². The van der Waals surface area contributed by atoms with E-state index >= 15 is 0 Å². The number of amides is 1. The summed E-state index contributed by atoms with van der Waals surface area (Å²) >= 11 is 7.84. The minimum absolute atomic E-state index is 0.162. The van der Waals surface area contributed by atoms with E-state index in [1.165, 1.54) is 0 Å². The summed E-state index contributed by atoms with van der Waals surface area (Å²) in [6.07, 6.45) is 1.38. The summed E-state index contributed by atoms with van der Waals surface area (Å²) in [6, 6.07) is 7.92. The molecule has 0 N–H and O–H groups in total. The van der Waals surface area contributed by atoms with Crippen LogP contribution in [0.3, 0.4) is 0 Å². The van der Waals surface area contributed by atoms with E-state index < -0.39 is 0 Å².